The van der Waals surface area contributed by atoms with Gasteiger partial charge in [-0.25, -0.2) is 4.98 Å². The van der Waals surface area contributed by atoms with Crippen molar-refractivity contribution in [1.82, 2.24) is 14.5 Å². The number of morpholine rings is 1. The predicted molar refractivity (Wildman–Crippen MR) is 85.9 cm³/mol. The van der Waals surface area contributed by atoms with Gasteiger partial charge in [-0.2, -0.15) is 0 Å². The van der Waals surface area contributed by atoms with Gasteiger partial charge in [-0.15, -0.1) is 0 Å². The molecule has 1 amide bonds. The smallest absolute Gasteiger partial charge is 0.253 e. The largest absolute Gasteiger partial charge is 0.365 e. The fraction of sp³-hybridized carbons (Fsp3) is 0.412. The van der Waals surface area contributed by atoms with Crippen molar-refractivity contribution >= 4 is 11.6 Å². The van der Waals surface area contributed by atoms with Gasteiger partial charge in [-0.05, 0) is 12.1 Å². The van der Waals surface area contributed by atoms with E-state index in [1.165, 1.54) is 5.69 Å². The number of aromatic nitrogens is 2. The number of carbonyl (C=O) groups is 1. The number of rotatable bonds is 3. The topological polar surface area (TPSA) is 50.6 Å². The minimum atomic E-state index is 0.0415. The van der Waals surface area contributed by atoms with E-state index < -0.39 is 0 Å². The Morgan fingerprint density at radius 1 is 1.26 bits per heavy atom. The highest BCUT2D eigenvalue weighted by molar-refractivity contribution is 5.95. The van der Waals surface area contributed by atoms with Crippen LogP contribution < -0.4 is 4.90 Å². The molecule has 0 aliphatic carbocycles. The fourth-order valence-corrected chi connectivity index (χ4v) is 3.50. The molecule has 120 valence electrons. The van der Waals surface area contributed by atoms with Crippen LogP contribution in [0.3, 0.4) is 0 Å². The lowest BCUT2D eigenvalue weighted by atomic mass is 10.1. The van der Waals surface area contributed by atoms with Crippen molar-refractivity contribution in [3.8, 4) is 0 Å². The molecule has 0 saturated carbocycles. The number of amides is 1. The third-order valence-electron chi connectivity index (χ3n) is 4.67. The third-order valence-corrected chi connectivity index (χ3v) is 4.67. The maximum absolute atomic E-state index is 12.4. The van der Waals surface area contributed by atoms with Gasteiger partial charge in [0, 0.05) is 38.6 Å². The SMILES string of the molecule is Cn1cncc1CN1C[C@H]2OCC(=O)N(c3ccccc3)[C@H]2C1. The Morgan fingerprint density at radius 3 is 2.83 bits per heavy atom. The first-order valence-corrected chi connectivity index (χ1v) is 7.88. The average Bonchev–Trinajstić information content (AvgIpc) is 3.15. The average molecular weight is 312 g/mol. The van der Waals surface area contributed by atoms with Gasteiger partial charge in [0.05, 0.1) is 24.2 Å². The van der Waals surface area contributed by atoms with E-state index in [9.17, 15) is 4.79 Å². The van der Waals surface area contributed by atoms with Crippen molar-refractivity contribution in [3.05, 3.63) is 48.5 Å². The molecule has 23 heavy (non-hydrogen) atoms. The molecule has 0 spiro atoms. The van der Waals surface area contributed by atoms with E-state index in [-0.39, 0.29) is 24.7 Å². The Hall–Kier alpha value is -2.18. The Bertz CT molecular complexity index is 700. The molecule has 2 fully saturated rings. The Balaban J connectivity index is 1.55. The van der Waals surface area contributed by atoms with E-state index in [1.54, 1.807) is 0 Å². The van der Waals surface area contributed by atoms with Crippen molar-refractivity contribution in [2.75, 3.05) is 24.6 Å². The van der Waals surface area contributed by atoms with Gasteiger partial charge >= 0.3 is 0 Å². The molecule has 2 aliphatic heterocycles. The molecule has 0 N–H and O–H groups in total. The maximum atomic E-state index is 12.4. The van der Waals surface area contributed by atoms with Crippen LogP contribution in [0.5, 0.6) is 0 Å². The molecule has 3 heterocycles. The van der Waals surface area contributed by atoms with Crippen LogP contribution in [0.15, 0.2) is 42.9 Å². The van der Waals surface area contributed by atoms with Crippen LogP contribution in [0, 0.1) is 0 Å². The summed E-state index contributed by atoms with van der Waals surface area (Å²) in [5.74, 6) is 0.0415. The quantitative estimate of drug-likeness (QED) is 0.850. The standard InChI is InChI=1S/C17H20N4O2/c1-19-12-18-7-14(19)8-20-9-15-16(10-20)23-11-17(22)21(15)13-5-3-2-4-6-13/h2-7,12,15-16H,8-11H2,1H3/t15-,16+/m0/s1. The van der Waals surface area contributed by atoms with Crippen molar-refractivity contribution < 1.29 is 9.53 Å². The normalized spacial score (nSPS) is 24.9. The van der Waals surface area contributed by atoms with Crippen molar-refractivity contribution in [2.45, 2.75) is 18.7 Å². The number of aryl methyl sites for hydroxylation is 1. The van der Waals surface area contributed by atoms with Crippen LogP contribution in [-0.4, -0.2) is 52.2 Å². The van der Waals surface area contributed by atoms with Gasteiger partial charge in [0.15, 0.2) is 0 Å². The highest BCUT2D eigenvalue weighted by Crippen LogP contribution is 2.29. The molecule has 2 aromatic rings. The van der Waals surface area contributed by atoms with Crippen molar-refractivity contribution in [1.29, 1.82) is 0 Å². The number of hydrogen-bond acceptors (Lipinski definition) is 4. The molecule has 6 nitrogen and oxygen atoms in total. The summed E-state index contributed by atoms with van der Waals surface area (Å²) < 4.78 is 7.82. The first kappa shape index (κ1) is 14.4. The summed E-state index contributed by atoms with van der Waals surface area (Å²) in [4.78, 5) is 20.8. The van der Waals surface area contributed by atoms with Gasteiger partial charge in [0.2, 0.25) is 0 Å². The van der Waals surface area contributed by atoms with Gasteiger partial charge in [0.1, 0.15) is 6.61 Å². The molecular formula is C17H20N4O2. The number of ether oxygens (including phenoxy) is 1. The van der Waals surface area contributed by atoms with Gasteiger partial charge in [-0.1, -0.05) is 18.2 Å². The summed E-state index contributed by atoms with van der Waals surface area (Å²) in [7, 11) is 2.00. The molecule has 6 heteroatoms. The summed E-state index contributed by atoms with van der Waals surface area (Å²) in [6, 6.07) is 9.96. The summed E-state index contributed by atoms with van der Waals surface area (Å²) in [5.41, 5.74) is 2.12. The zero-order chi connectivity index (χ0) is 15.8. The number of para-hydroxylation sites is 1. The zero-order valence-corrected chi connectivity index (χ0v) is 13.1. The van der Waals surface area contributed by atoms with E-state index in [1.807, 2.05) is 59.4 Å². The number of nitrogens with zero attached hydrogens (tertiary/aromatic N) is 4. The molecular weight excluding hydrogens is 292 g/mol. The molecule has 4 rings (SSSR count). The van der Waals surface area contributed by atoms with Crippen LogP contribution in [0.2, 0.25) is 0 Å². The fourth-order valence-electron chi connectivity index (χ4n) is 3.50. The van der Waals surface area contributed by atoms with Crippen LogP contribution in [-0.2, 0) is 23.1 Å². The second kappa shape index (κ2) is 5.79. The van der Waals surface area contributed by atoms with E-state index in [0.717, 1.165) is 25.3 Å². The minimum absolute atomic E-state index is 0.0415. The minimum Gasteiger partial charge on any atom is -0.365 e. The van der Waals surface area contributed by atoms with E-state index in [2.05, 4.69) is 9.88 Å². The number of likely N-dealkylation sites (tertiary alicyclic amines) is 1. The first-order valence-electron chi connectivity index (χ1n) is 7.88. The molecule has 1 aromatic heterocycles. The zero-order valence-electron chi connectivity index (χ0n) is 13.1. The monoisotopic (exact) mass is 312 g/mol. The Kier molecular flexibility index (Phi) is 3.63. The Morgan fingerprint density at radius 2 is 2.09 bits per heavy atom. The molecule has 0 radical (unpaired) electrons. The highest BCUT2D eigenvalue weighted by atomic mass is 16.5. The lowest BCUT2D eigenvalue weighted by molar-refractivity contribution is -0.130. The molecule has 1 aromatic carbocycles. The molecule has 2 aliphatic rings. The number of fused-ring (bicyclic) bond motifs is 1. The highest BCUT2D eigenvalue weighted by Gasteiger charge is 2.43. The van der Waals surface area contributed by atoms with Crippen molar-refractivity contribution in [3.63, 3.8) is 0 Å². The second-order valence-corrected chi connectivity index (χ2v) is 6.21. The predicted octanol–water partition coefficient (Wildman–Crippen LogP) is 1.04. The molecule has 2 atom stereocenters. The number of imidazole rings is 1. The van der Waals surface area contributed by atoms with Crippen LogP contribution in [0.4, 0.5) is 5.69 Å². The lowest BCUT2D eigenvalue weighted by Gasteiger charge is -2.36. The number of benzene rings is 1. The van der Waals surface area contributed by atoms with Crippen molar-refractivity contribution in [2.24, 2.45) is 7.05 Å². The van der Waals surface area contributed by atoms with E-state index in [4.69, 9.17) is 4.74 Å². The summed E-state index contributed by atoms with van der Waals surface area (Å²) in [6.07, 6.45) is 3.78. The summed E-state index contributed by atoms with van der Waals surface area (Å²) >= 11 is 0. The summed E-state index contributed by atoms with van der Waals surface area (Å²) in [6.45, 7) is 2.64. The van der Waals surface area contributed by atoms with Crippen LogP contribution in [0.1, 0.15) is 5.69 Å². The maximum Gasteiger partial charge on any atom is 0.253 e. The first-order chi connectivity index (χ1) is 11.2. The van der Waals surface area contributed by atoms with Gasteiger partial charge in [-0.3, -0.25) is 9.69 Å². The number of anilines is 1. The number of carbonyl (C=O) groups excluding carboxylic acids is 1. The lowest BCUT2D eigenvalue weighted by Crippen LogP contribution is -2.54. The van der Waals surface area contributed by atoms with Crippen LogP contribution in [0.25, 0.3) is 0 Å². The second-order valence-electron chi connectivity index (χ2n) is 6.21. The molecule has 0 unspecified atom stereocenters. The Labute approximate surface area is 135 Å². The number of hydrogen-bond donors (Lipinski definition) is 0. The summed E-state index contributed by atoms with van der Waals surface area (Å²) in [5, 5.41) is 0. The van der Waals surface area contributed by atoms with E-state index >= 15 is 0 Å². The van der Waals surface area contributed by atoms with E-state index in [0.29, 0.717) is 0 Å². The third kappa shape index (κ3) is 2.64. The molecule has 2 saturated heterocycles. The van der Waals surface area contributed by atoms with Gasteiger partial charge < -0.3 is 14.2 Å². The molecule has 0 bridgehead atoms. The van der Waals surface area contributed by atoms with Gasteiger partial charge in [0.25, 0.3) is 5.91 Å². The van der Waals surface area contributed by atoms with Crippen LogP contribution >= 0.6 is 0 Å².